The largest absolute Gasteiger partial charge is 0.339 e. The Bertz CT molecular complexity index is 364. The zero-order valence-corrected chi connectivity index (χ0v) is 11.4. The molecular weight excluding hydrogens is 228 g/mol. The average molecular weight is 252 g/mol. The molecule has 1 aromatic heterocycles. The van der Waals surface area contributed by atoms with E-state index in [-0.39, 0.29) is 0 Å². The first-order chi connectivity index (χ1) is 8.70. The zero-order valence-electron chi connectivity index (χ0n) is 11.4. The van der Waals surface area contributed by atoms with Gasteiger partial charge in [0.25, 0.3) is 0 Å². The van der Waals surface area contributed by atoms with Gasteiger partial charge >= 0.3 is 0 Å². The van der Waals surface area contributed by atoms with Crippen molar-refractivity contribution in [3.05, 3.63) is 11.7 Å². The number of nitrogens with two attached hydrogens (primary N) is 1. The zero-order chi connectivity index (χ0) is 13.0. The Morgan fingerprint density at radius 2 is 2.11 bits per heavy atom. The molecule has 1 aliphatic carbocycles. The van der Waals surface area contributed by atoms with E-state index in [9.17, 15) is 0 Å². The van der Waals surface area contributed by atoms with Crippen LogP contribution < -0.4 is 5.73 Å². The highest BCUT2D eigenvalue weighted by atomic mass is 16.5. The summed E-state index contributed by atoms with van der Waals surface area (Å²) in [5, 5.41) is 4.08. The molecule has 0 radical (unpaired) electrons. The van der Waals surface area contributed by atoms with E-state index in [0.717, 1.165) is 37.6 Å². The monoisotopic (exact) mass is 252 g/mol. The Kier molecular flexibility index (Phi) is 4.72. The van der Waals surface area contributed by atoms with Crippen LogP contribution in [0.4, 0.5) is 0 Å². The standard InChI is InChI=1S/C13H24N4O/c1-17(2)8-7-12-15-13(18-16-12)11-6-4-3-5-10(11)9-14/h10-11H,3-9,14H2,1-2H3. The quantitative estimate of drug-likeness (QED) is 0.858. The molecule has 0 amide bonds. The summed E-state index contributed by atoms with van der Waals surface area (Å²) in [4.78, 5) is 6.67. The highest BCUT2D eigenvalue weighted by Gasteiger charge is 2.29. The van der Waals surface area contributed by atoms with Crippen LogP contribution in [-0.2, 0) is 6.42 Å². The van der Waals surface area contributed by atoms with Crippen LogP contribution >= 0.6 is 0 Å². The minimum Gasteiger partial charge on any atom is -0.339 e. The lowest BCUT2D eigenvalue weighted by atomic mass is 9.79. The summed E-state index contributed by atoms with van der Waals surface area (Å²) >= 11 is 0. The Morgan fingerprint density at radius 1 is 1.33 bits per heavy atom. The molecule has 1 aliphatic rings. The van der Waals surface area contributed by atoms with Gasteiger partial charge in [-0.1, -0.05) is 18.0 Å². The van der Waals surface area contributed by atoms with Crippen molar-refractivity contribution in [1.29, 1.82) is 0 Å². The number of aromatic nitrogens is 2. The van der Waals surface area contributed by atoms with Crippen LogP contribution in [0.1, 0.15) is 43.3 Å². The number of nitrogens with zero attached hydrogens (tertiary/aromatic N) is 3. The molecule has 1 aromatic rings. The van der Waals surface area contributed by atoms with E-state index in [2.05, 4.69) is 15.0 Å². The second-order valence-corrected chi connectivity index (χ2v) is 5.49. The number of hydrogen-bond donors (Lipinski definition) is 1. The topological polar surface area (TPSA) is 68.2 Å². The van der Waals surface area contributed by atoms with Gasteiger partial charge in [-0.05, 0) is 39.4 Å². The van der Waals surface area contributed by atoms with Crippen molar-refractivity contribution in [2.75, 3.05) is 27.2 Å². The molecular formula is C13H24N4O. The lowest BCUT2D eigenvalue weighted by Crippen LogP contribution is -2.25. The molecule has 0 bridgehead atoms. The molecule has 0 spiro atoms. The van der Waals surface area contributed by atoms with Crippen molar-refractivity contribution in [1.82, 2.24) is 15.0 Å². The molecule has 2 N–H and O–H groups in total. The minimum atomic E-state index is 0.379. The van der Waals surface area contributed by atoms with Gasteiger partial charge in [-0.25, -0.2) is 0 Å². The van der Waals surface area contributed by atoms with Gasteiger partial charge in [0.2, 0.25) is 5.89 Å². The smallest absolute Gasteiger partial charge is 0.230 e. The minimum absolute atomic E-state index is 0.379. The Hall–Kier alpha value is -0.940. The maximum Gasteiger partial charge on any atom is 0.230 e. The Balaban J connectivity index is 1.99. The van der Waals surface area contributed by atoms with Gasteiger partial charge in [-0.15, -0.1) is 0 Å². The van der Waals surface area contributed by atoms with Gasteiger partial charge in [-0.2, -0.15) is 4.98 Å². The van der Waals surface area contributed by atoms with Crippen molar-refractivity contribution in [2.45, 2.75) is 38.0 Å². The van der Waals surface area contributed by atoms with Gasteiger partial charge in [0.15, 0.2) is 5.82 Å². The second kappa shape index (κ2) is 6.29. The van der Waals surface area contributed by atoms with Crippen LogP contribution in [0, 0.1) is 5.92 Å². The van der Waals surface area contributed by atoms with Gasteiger partial charge in [-0.3, -0.25) is 0 Å². The summed E-state index contributed by atoms with van der Waals surface area (Å²) in [7, 11) is 4.10. The van der Waals surface area contributed by atoms with E-state index >= 15 is 0 Å². The lowest BCUT2D eigenvalue weighted by Gasteiger charge is -2.27. The second-order valence-electron chi connectivity index (χ2n) is 5.49. The summed E-state index contributed by atoms with van der Waals surface area (Å²) in [5.74, 6) is 2.52. The van der Waals surface area contributed by atoms with E-state index in [4.69, 9.17) is 10.3 Å². The van der Waals surface area contributed by atoms with E-state index in [0.29, 0.717) is 11.8 Å². The summed E-state index contributed by atoms with van der Waals surface area (Å²) in [6.45, 7) is 1.67. The van der Waals surface area contributed by atoms with Crippen LogP contribution in [0.2, 0.25) is 0 Å². The molecule has 0 saturated heterocycles. The summed E-state index contributed by atoms with van der Waals surface area (Å²) in [5.41, 5.74) is 5.84. The fourth-order valence-electron chi connectivity index (χ4n) is 2.66. The third-order valence-electron chi connectivity index (χ3n) is 3.80. The van der Waals surface area contributed by atoms with Crippen LogP contribution in [0.3, 0.4) is 0 Å². The molecule has 1 heterocycles. The highest BCUT2D eigenvalue weighted by molar-refractivity contribution is 4.99. The molecule has 1 fully saturated rings. The number of likely N-dealkylation sites (N-methyl/N-ethyl adjacent to an activating group) is 1. The molecule has 2 rings (SSSR count). The van der Waals surface area contributed by atoms with Crippen molar-refractivity contribution in [2.24, 2.45) is 11.7 Å². The SMILES string of the molecule is CN(C)CCc1noc(C2CCCCC2CN)n1. The van der Waals surface area contributed by atoms with Crippen LogP contribution in [0.25, 0.3) is 0 Å². The third-order valence-corrected chi connectivity index (χ3v) is 3.80. The molecule has 102 valence electrons. The molecule has 2 atom stereocenters. The predicted molar refractivity (Wildman–Crippen MR) is 70.3 cm³/mol. The first-order valence-corrected chi connectivity index (χ1v) is 6.88. The molecule has 0 aliphatic heterocycles. The Labute approximate surface area is 109 Å². The third kappa shape index (κ3) is 3.29. The highest BCUT2D eigenvalue weighted by Crippen LogP contribution is 2.36. The van der Waals surface area contributed by atoms with E-state index in [1.807, 2.05) is 14.1 Å². The fourth-order valence-corrected chi connectivity index (χ4v) is 2.66. The van der Waals surface area contributed by atoms with Crippen molar-refractivity contribution in [3.63, 3.8) is 0 Å². The summed E-state index contributed by atoms with van der Waals surface area (Å²) < 4.78 is 5.43. The van der Waals surface area contributed by atoms with Crippen LogP contribution in [0.15, 0.2) is 4.52 Å². The van der Waals surface area contributed by atoms with Crippen LogP contribution in [0.5, 0.6) is 0 Å². The van der Waals surface area contributed by atoms with Gasteiger partial charge < -0.3 is 15.2 Å². The van der Waals surface area contributed by atoms with Gasteiger partial charge in [0.1, 0.15) is 0 Å². The molecule has 0 aromatic carbocycles. The number of hydrogen-bond acceptors (Lipinski definition) is 5. The van der Waals surface area contributed by atoms with Crippen molar-refractivity contribution < 1.29 is 4.52 Å². The normalized spacial score (nSPS) is 24.7. The summed E-state index contributed by atoms with van der Waals surface area (Å²) in [6.07, 6.45) is 5.70. The van der Waals surface area contributed by atoms with Gasteiger partial charge in [0.05, 0.1) is 0 Å². The molecule has 18 heavy (non-hydrogen) atoms. The average Bonchev–Trinajstić information content (AvgIpc) is 2.85. The van der Waals surface area contributed by atoms with E-state index < -0.39 is 0 Å². The molecule has 1 saturated carbocycles. The van der Waals surface area contributed by atoms with Crippen molar-refractivity contribution >= 4 is 0 Å². The van der Waals surface area contributed by atoms with E-state index in [1.54, 1.807) is 0 Å². The molecule has 5 nitrogen and oxygen atoms in total. The van der Waals surface area contributed by atoms with E-state index in [1.165, 1.54) is 19.3 Å². The Morgan fingerprint density at radius 3 is 2.83 bits per heavy atom. The molecule has 2 unspecified atom stereocenters. The first kappa shape index (κ1) is 13.5. The maximum absolute atomic E-state index is 5.84. The number of rotatable bonds is 5. The summed E-state index contributed by atoms with van der Waals surface area (Å²) in [6, 6.07) is 0. The molecule has 5 heteroatoms. The van der Waals surface area contributed by atoms with Crippen molar-refractivity contribution in [3.8, 4) is 0 Å². The fraction of sp³-hybridized carbons (Fsp3) is 0.846. The van der Waals surface area contributed by atoms with Crippen LogP contribution in [-0.4, -0.2) is 42.2 Å². The maximum atomic E-state index is 5.84. The predicted octanol–water partition coefficient (Wildman–Crippen LogP) is 1.41. The van der Waals surface area contributed by atoms with Gasteiger partial charge in [0, 0.05) is 18.9 Å². The lowest BCUT2D eigenvalue weighted by molar-refractivity contribution is 0.248. The first-order valence-electron chi connectivity index (χ1n) is 6.88.